The molecular formula is C18H21ClN6. The van der Waals surface area contributed by atoms with Crippen LogP contribution in [-0.2, 0) is 0 Å². The standard InChI is InChI=1S/C18H21ClN6/c1-11-9-15(19)22-14-10-12(5-6-13(11)14)25-17(21)23-16(20)24-18(25)7-3-2-4-8-18/h5-6,9-10H,2-4,7-8H2,1H3,(H4,20,21,23,24). The van der Waals surface area contributed by atoms with Crippen molar-refractivity contribution in [3.8, 4) is 0 Å². The molecule has 1 aliphatic heterocycles. The van der Waals surface area contributed by atoms with Crippen molar-refractivity contribution in [1.29, 1.82) is 0 Å². The van der Waals surface area contributed by atoms with Crippen LogP contribution in [0.4, 0.5) is 5.69 Å². The summed E-state index contributed by atoms with van der Waals surface area (Å²) in [6, 6.07) is 7.97. The summed E-state index contributed by atoms with van der Waals surface area (Å²) in [7, 11) is 0. The maximum absolute atomic E-state index is 6.28. The third-order valence-electron chi connectivity index (χ3n) is 5.08. The molecule has 0 bridgehead atoms. The monoisotopic (exact) mass is 356 g/mol. The van der Waals surface area contributed by atoms with E-state index in [4.69, 9.17) is 28.1 Å². The lowest BCUT2D eigenvalue weighted by molar-refractivity contribution is 0.305. The number of nitrogens with zero attached hydrogens (tertiary/aromatic N) is 4. The van der Waals surface area contributed by atoms with Gasteiger partial charge in [0.2, 0.25) is 11.9 Å². The van der Waals surface area contributed by atoms with Crippen molar-refractivity contribution in [1.82, 2.24) is 4.98 Å². The van der Waals surface area contributed by atoms with Crippen molar-refractivity contribution >= 4 is 40.1 Å². The lowest BCUT2D eigenvalue weighted by Crippen LogP contribution is -2.58. The van der Waals surface area contributed by atoms with E-state index in [1.165, 1.54) is 6.42 Å². The molecule has 1 fully saturated rings. The van der Waals surface area contributed by atoms with Gasteiger partial charge < -0.3 is 11.5 Å². The van der Waals surface area contributed by atoms with Gasteiger partial charge in [0, 0.05) is 11.1 Å². The Labute approximate surface area is 151 Å². The van der Waals surface area contributed by atoms with E-state index in [2.05, 4.69) is 16.0 Å². The van der Waals surface area contributed by atoms with Crippen LogP contribution in [0.2, 0.25) is 5.15 Å². The van der Waals surface area contributed by atoms with Gasteiger partial charge in [-0.1, -0.05) is 24.1 Å². The van der Waals surface area contributed by atoms with Crippen LogP contribution in [-0.4, -0.2) is 22.6 Å². The lowest BCUT2D eigenvalue weighted by atomic mass is 9.87. The van der Waals surface area contributed by atoms with Crippen molar-refractivity contribution in [3.05, 3.63) is 35.0 Å². The number of fused-ring (bicyclic) bond motifs is 1. The Morgan fingerprint density at radius 1 is 1.12 bits per heavy atom. The van der Waals surface area contributed by atoms with Gasteiger partial charge in [0.05, 0.1) is 5.52 Å². The summed E-state index contributed by atoms with van der Waals surface area (Å²) >= 11 is 6.14. The van der Waals surface area contributed by atoms with Crippen LogP contribution >= 0.6 is 11.6 Å². The summed E-state index contributed by atoms with van der Waals surface area (Å²) in [5.41, 5.74) is 14.6. The zero-order valence-electron chi connectivity index (χ0n) is 14.2. The summed E-state index contributed by atoms with van der Waals surface area (Å²) in [5.74, 6) is 0.640. The van der Waals surface area contributed by atoms with Crippen LogP contribution in [0.25, 0.3) is 10.9 Å². The maximum atomic E-state index is 6.28. The van der Waals surface area contributed by atoms with Gasteiger partial charge in [-0.2, -0.15) is 4.99 Å². The molecule has 4 N–H and O–H groups in total. The fourth-order valence-corrected chi connectivity index (χ4v) is 4.24. The van der Waals surface area contributed by atoms with Gasteiger partial charge in [0.15, 0.2) is 0 Å². The number of benzene rings is 1. The van der Waals surface area contributed by atoms with Gasteiger partial charge in [-0.25, -0.2) is 9.98 Å². The normalized spacial score (nSPS) is 19.8. The first-order chi connectivity index (χ1) is 12.0. The number of halogens is 1. The highest BCUT2D eigenvalue weighted by Gasteiger charge is 2.42. The summed E-state index contributed by atoms with van der Waals surface area (Å²) in [4.78, 5) is 15.4. The number of nitrogens with two attached hydrogens (primary N) is 2. The number of guanidine groups is 2. The van der Waals surface area contributed by atoms with Gasteiger partial charge in [-0.15, -0.1) is 0 Å². The molecule has 1 aromatic heterocycles. The predicted molar refractivity (Wildman–Crippen MR) is 103 cm³/mol. The smallest absolute Gasteiger partial charge is 0.220 e. The van der Waals surface area contributed by atoms with E-state index in [0.717, 1.165) is 47.8 Å². The highest BCUT2D eigenvalue weighted by molar-refractivity contribution is 6.30. The second-order valence-corrected chi connectivity index (χ2v) is 7.17. The molecule has 1 aliphatic carbocycles. The number of hydrogen-bond acceptors (Lipinski definition) is 6. The maximum Gasteiger partial charge on any atom is 0.220 e. The Hall–Kier alpha value is -2.34. The molecule has 0 saturated heterocycles. The fourth-order valence-electron chi connectivity index (χ4n) is 3.98. The summed E-state index contributed by atoms with van der Waals surface area (Å²) in [5, 5.41) is 1.55. The molecule has 1 aromatic carbocycles. The summed E-state index contributed by atoms with van der Waals surface area (Å²) in [6.07, 6.45) is 5.21. The van der Waals surface area contributed by atoms with E-state index in [1.54, 1.807) is 0 Å². The quantitative estimate of drug-likeness (QED) is 0.766. The molecule has 4 rings (SSSR count). The molecular weight excluding hydrogens is 336 g/mol. The van der Waals surface area contributed by atoms with Gasteiger partial charge in [-0.05, 0) is 56.4 Å². The molecule has 0 atom stereocenters. The number of aryl methyl sites for hydroxylation is 1. The molecule has 1 saturated carbocycles. The van der Waals surface area contributed by atoms with Crippen molar-refractivity contribution in [2.75, 3.05) is 4.90 Å². The molecule has 6 nitrogen and oxygen atoms in total. The third kappa shape index (κ3) is 2.70. The zero-order valence-corrected chi connectivity index (χ0v) is 14.9. The summed E-state index contributed by atoms with van der Waals surface area (Å²) < 4.78 is 0. The number of rotatable bonds is 1. The second-order valence-electron chi connectivity index (χ2n) is 6.78. The van der Waals surface area contributed by atoms with Crippen LogP contribution in [0, 0.1) is 6.92 Å². The molecule has 2 heterocycles. The number of hydrogen-bond donors (Lipinski definition) is 2. The molecule has 2 aliphatic rings. The van der Waals surface area contributed by atoms with Crippen molar-refractivity contribution in [2.24, 2.45) is 21.5 Å². The highest BCUT2D eigenvalue weighted by atomic mass is 35.5. The average Bonchev–Trinajstić information content (AvgIpc) is 2.54. The zero-order chi connectivity index (χ0) is 17.6. The fraction of sp³-hybridized carbons (Fsp3) is 0.389. The minimum atomic E-state index is -0.449. The van der Waals surface area contributed by atoms with Gasteiger partial charge in [0.1, 0.15) is 10.8 Å². The molecule has 1 spiro atoms. The Morgan fingerprint density at radius 3 is 2.64 bits per heavy atom. The minimum Gasteiger partial charge on any atom is -0.369 e. The first-order valence-electron chi connectivity index (χ1n) is 8.55. The third-order valence-corrected chi connectivity index (χ3v) is 5.27. The van der Waals surface area contributed by atoms with E-state index >= 15 is 0 Å². The van der Waals surface area contributed by atoms with E-state index < -0.39 is 5.66 Å². The summed E-state index contributed by atoms with van der Waals surface area (Å²) in [6.45, 7) is 2.03. The topological polar surface area (TPSA) is 92.9 Å². The number of anilines is 1. The Morgan fingerprint density at radius 2 is 1.88 bits per heavy atom. The lowest BCUT2D eigenvalue weighted by Gasteiger charge is -2.45. The highest BCUT2D eigenvalue weighted by Crippen LogP contribution is 2.40. The van der Waals surface area contributed by atoms with Gasteiger partial charge >= 0.3 is 0 Å². The largest absolute Gasteiger partial charge is 0.369 e. The van der Waals surface area contributed by atoms with Crippen LogP contribution < -0.4 is 16.4 Å². The van der Waals surface area contributed by atoms with Crippen LogP contribution in [0.5, 0.6) is 0 Å². The van der Waals surface area contributed by atoms with Crippen LogP contribution in [0.1, 0.15) is 37.7 Å². The van der Waals surface area contributed by atoms with E-state index in [0.29, 0.717) is 11.1 Å². The van der Waals surface area contributed by atoms with Crippen molar-refractivity contribution in [2.45, 2.75) is 44.7 Å². The predicted octanol–water partition coefficient (Wildman–Crippen LogP) is 3.31. The van der Waals surface area contributed by atoms with Gasteiger partial charge in [-0.3, -0.25) is 4.90 Å². The Balaban J connectivity index is 1.86. The van der Waals surface area contributed by atoms with Crippen molar-refractivity contribution < 1.29 is 0 Å². The molecule has 25 heavy (non-hydrogen) atoms. The van der Waals surface area contributed by atoms with Crippen molar-refractivity contribution in [3.63, 3.8) is 0 Å². The van der Waals surface area contributed by atoms with E-state index in [1.807, 2.05) is 30.0 Å². The molecule has 0 radical (unpaired) electrons. The van der Waals surface area contributed by atoms with E-state index in [-0.39, 0.29) is 5.96 Å². The number of pyridine rings is 1. The average molecular weight is 357 g/mol. The second kappa shape index (κ2) is 5.88. The first kappa shape index (κ1) is 16.1. The Kier molecular flexibility index (Phi) is 3.80. The first-order valence-corrected chi connectivity index (χ1v) is 8.93. The Bertz CT molecular complexity index is 898. The van der Waals surface area contributed by atoms with E-state index in [9.17, 15) is 0 Å². The molecule has 2 aromatic rings. The van der Waals surface area contributed by atoms with Crippen LogP contribution in [0.3, 0.4) is 0 Å². The minimum absolute atomic E-state index is 0.258. The SMILES string of the molecule is Cc1cc(Cl)nc2cc(N3C(N)=NC(N)=NC34CCCCC4)ccc12. The molecule has 0 amide bonds. The van der Waals surface area contributed by atoms with Crippen LogP contribution in [0.15, 0.2) is 34.3 Å². The number of aliphatic imine (C=N–C) groups is 2. The molecule has 0 unspecified atom stereocenters. The molecule has 130 valence electrons. The van der Waals surface area contributed by atoms with Gasteiger partial charge in [0.25, 0.3) is 0 Å². The molecule has 7 heteroatoms. The number of aromatic nitrogens is 1.